The van der Waals surface area contributed by atoms with Gasteiger partial charge in [-0.05, 0) is 44.1 Å². The Morgan fingerprint density at radius 1 is 1.17 bits per heavy atom. The zero-order valence-electron chi connectivity index (χ0n) is 12.7. The summed E-state index contributed by atoms with van der Waals surface area (Å²) >= 11 is 0. The summed E-state index contributed by atoms with van der Waals surface area (Å²) in [6.45, 7) is 12.0. The van der Waals surface area contributed by atoms with Crippen molar-refractivity contribution in [2.24, 2.45) is 11.7 Å². The summed E-state index contributed by atoms with van der Waals surface area (Å²) in [7, 11) is 0. The van der Waals surface area contributed by atoms with Crippen molar-refractivity contribution < 1.29 is 0 Å². The Kier molecular flexibility index (Phi) is 5.86. The van der Waals surface area contributed by atoms with Gasteiger partial charge in [-0.15, -0.1) is 0 Å². The fourth-order valence-corrected chi connectivity index (χ4v) is 2.39. The van der Waals surface area contributed by atoms with Gasteiger partial charge in [0.1, 0.15) is 0 Å². The molecule has 0 amide bonds. The van der Waals surface area contributed by atoms with E-state index < -0.39 is 0 Å². The molecule has 0 aromatic carbocycles. The molecule has 0 aliphatic heterocycles. The molecular formula is C15H29N3. The van der Waals surface area contributed by atoms with Crippen LogP contribution in [0.25, 0.3) is 0 Å². The van der Waals surface area contributed by atoms with Crippen molar-refractivity contribution in [3.63, 3.8) is 0 Å². The highest BCUT2D eigenvalue weighted by atomic mass is 15.3. The Morgan fingerprint density at radius 3 is 2.28 bits per heavy atom. The van der Waals surface area contributed by atoms with Gasteiger partial charge in [-0.25, -0.2) is 0 Å². The second-order valence-corrected chi connectivity index (χ2v) is 5.67. The molecule has 0 radical (unpaired) electrons. The van der Waals surface area contributed by atoms with E-state index in [1.807, 2.05) is 0 Å². The molecule has 104 valence electrons. The molecule has 1 unspecified atom stereocenters. The quantitative estimate of drug-likeness (QED) is 0.809. The molecule has 18 heavy (non-hydrogen) atoms. The SMILES string of the molecule is CCc1nn(CCC(C)C)c(CC)c1CC(C)N. The molecular weight excluding hydrogens is 222 g/mol. The first kappa shape index (κ1) is 15.2. The highest BCUT2D eigenvalue weighted by Crippen LogP contribution is 2.19. The van der Waals surface area contributed by atoms with E-state index in [9.17, 15) is 0 Å². The van der Waals surface area contributed by atoms with Gasteiger partial charge in [-0.3, -0.25) is 4.68 Å². The fraction of sp³-hybridized carbons (Fsp3) is 0.800. The van der Waals surface area contributed by atoms with Crippen LogP contribution in [0.1, 0.15) is 58.0 Å². The van der Waals surface area contributed by atoms with Gasteiger partial charge in [0, 0.05) is 18.3 Å². The predicted molar refractivity (Wildman–Crippen MR) is 77.8 cm³/mol. The molecule has 1 aromatic rings. The fourth-order valence-electron chi connectivity index (χ4n) is 2.39. The molecule has 1 aromatic heterocycles. The molecule has 2 N–H and O–H groups in total. The Balaban J connectivity index is 2.99. The summed E-state index contributed by atoms with van der Waals surface area (Å²) < 4.78 is 2.22. The second kappa shape index (κ2) is 6.93. The molecule has 0 bridgehead atoms. The molecule has 0 aliphatic rings. The van der Waals surface area contributed by atoms with E-state index in [0.717, 1.165) is 31.7 Å². The third-order valence-corrected chi connectivity index (χ3v) is 3.36. The van der Waals surface area contributed by atoms with Crippen LogP contribution in [0.15, 0.2) is 0 Å². The molecule has 0 fully saturated rings. The zero-order chi connectivity index (χ0) is 13.7. The Hall–Kier alpha value is -0.830. The minimum Gasteiger partial charge on any atom is -0.328 e. The number of hydrogen-bond acceptors (Lipinski definition) is 2. The normalized spacial score (nSPS) is 13.3. The summed E-state index contributed by atoms with van der Waals surface area (Å²) in [5.74, 6) is 0.723. The van der Waals surface area contributed by atoms with Crippen LogP contribution in [0.4, 0.5) is 0 Å². The summed E-state index contributed by atoms with van der Waals surface area (Å²) in [5, 5.41) is 4.79. The molecule has 0 saturated heterocycles. The third kappa shape index (κ3) is 3.84. The maximum Gasteiger partial charge on any atom is 0.0657 e. The standard InChI is InChI=1S/C15H29N3/c1-6-14-13(10-12(5)16)15(7-2)18(17-14)9-8-11(3)4/h11-12H,6-10,16H2,1-5H3. The Bertz CT molecular complexity index is 364. The van der Waals surface area contributed by atoms with E-state index in [2.05, 4.69) is 39.3 Å². The average molecular weight is 251 g/mol. The van der Waals surface area contributed by atoms with Crippen LogP contribution in [-0.2, 0) is 25.8 Å². The predicted octanol–water partition coefficient (Wildman–Crippen LogP) is 2.94. The number of rotatable bonds is 7. The molecule has 0 saturated carbocycles. The summed E-state index contributed by atoms with van der Waals surface area (Å²) in [6, 6.07) is 0.211. The van der Waals surface area contributed by atoms with Crippen LogP contribution in [0, 0.1) is 5.92 Å². The maximum absolute atomic E-state index is 5.97. The molecule has 0 spiro atoms. The largest absolute Gasteiger partial charge is 0.328 e. The van der Waals surface area contributed by atoms with Gasteiger partial charge in [0.25, 0.3) is 0 Å². The van der Waals surface area contributed by atoms with Crippen molar-refractivity contribution in [3.05, 3.63) is 17.0 Å². The molecule has 1 rings (SSSR count). The van der Waals surface area contributed by atoms with Gasteiger partial charge in [0.05, 0.1) is 5.69 Å². The third-order valence-electron chi connectivity index (χ3n) is 3.36. The lowest BCUT2D eigenvalue weighted by atomic mass is 10.0. The highest BCUT2D eigenvalue weighted by Gasteiger charge is 2.16. The number of nitrogens with zero attached hydrogens (tertiary/aromatic N) is 2. The lowest BCUT2D eigenvalue weighted by Crippen LogP contribution is -2.19. The van der Waals surface area contributed by atoms with Crippen LogP contribution in [0.2, 0.25) is 0 Å². The minimum atomic E-state index is 0.211. The molecule has 0 aliphatic carbocycles. The lowest BCUT2D eigenvalue weighted by Gasteiger charge is -2.10. The van der Waals surface area contributed by atoms with Crippen LogP contribution < -0.4 is 5.73 Å². The van der Waals surface area contributed by atoms with Crippen molar-refractivity contribution in [2.45, 2.75) is 72.9 Å². The summed E-state index contributed by atoms with van der Waals surface area (Å²) in [5.41, 5.74) is 10.0. The highest BCUT2D eigenvalue weighted by molar-refractivity contribution is 5.27. The smallest absolute Gasteiger partial charge is 0.0657 e. The van der Waals surface area contributed by atoms with E-state index in [1.54, 1.807) is 0 Å². The first-order chi connectivity index (χ1) is 8.49. The van der Waals surface area contributed by atoms with E-state index in [-0.39, 0.29) is 6.04 Å². The van der Waals surface area contributed by atoms with E-state index in [4.69, 9.17) is 10.8 Å². The molecule has 1 heterocycles. The van der Waals surface area contributed by atoms with Crippen molar-refractivity contribution in [1.82, 2.24) is 9.78 Å². The number of aromatic nitrogens is 2. The van der Waals surface area contributed by atoms with Crippen LogP contribution in [-0.4, -0.2) is 15.8 Å². The number of nitrogens with two attached hydrogens (primary N) is 1. The number of aryl methyl sites for hydroxylation is 2. The van der Waals surface area contributed by atoms with Crippen LogP contribution in [0.3, 0.4) is 0 Å². The second-order valence-electron chi connectivity index (χ2n) is 5.67. The van der Waals surface area contributed by atoms with Gasteiger partial charge in [-0.1, -0.05) is 27.7 Å². The summed E-state index contributed by atoms with van der Waals surface area (Å²) in [6.07, 6.45) is 4.19. The summed E-state index contributed by atoms with van der Waals surface area (Å²) in [4.78, 5) is 0. The Morgan fingerprint density at radius 2 is 1.83 bits per heavy atom. The monoisotopic (exact) mass is 251 g/mol. The topological polar surface area (TPSA) is 43.8 Å². The van der Waals surface area contributed by atoms with Gasteiger partial charge in [-0.2, -0.15) is 5.10 Å². The minimum absolute atomic E-state index is 0.211. The lowest BCUT2D eigenvalue weighted by molar-refractivity contribution is 0.474. The van der Waals surface area contributed by atoms with E-state index in [1.165, 1.54) is 23.4 Å². The van der Waals surface area contributed by atoms with Crippen LogP contribution in [0.5, 0.6) is 0 Å². The van der Waals surface area contributed by atoms with Gasteiger partial charge in [0.2, 0.25) is 0 Å². The van der Waals surface area contributed by atoms with Crippen LogP contribution >= 0.6 is 0 Å². The van der Waals surface area contributed by atoms with Crippen molar-refractivity contribution in [1.29, 1.82) is 0 Å². The molecule has 1 atom stereocenters. The molecule has 3 heteroatoms. The zero-order valence-corrected chi connectivity index (χ0v) is 12.7. The van der Waals surface area contributed by atoms with E-state index in [0.29, 0.717) is 0 Å². The van der Waals surface area contributed by atoms with Gasteiger partial charge in [0.15, 0.2) is 0 Å². The Labute approximate surface area is 112 Å². The van der Waals surface area contributed by atoms with Gasteiger partial charge >= 0.3 is 0 Å². The average Bonchev–Trinajstić information content (AvgIpc) is 2.62. The maximum atomic E-state index is 5.97. The van der Waals surface area contributed by atoms with Crippen molar-refractivity contribution in [2.75, 3.05) is 0 Å². The van der Waals surface area contributed by atoms with Crippen molar-refractivity contribution >= 4 is 0 Å². The molecule has 3 nitrogen and oxygen atoms in total. The first-order valence-electron chi connectivity index (χ1n) is 7.32. The van der Waals surface area contributed by atoms with Gasteiger partial charge < -0.3 is 5.73 Å². The van der Waals surface area contributed by atoms with E-state index >= 15 is 0 Å². The van der Waals surface area contributed by atoms with Crippen molar-refractivity contribution in [3.8, 4) is 0 Å². The number of hydrogen-bond donors (Lipinski definition) is 1. The first-order valence-corrected chi connectivity index (χ1v) is 7.32.